The lowest BCUT2D eigenvalue weighted by Crippen LogP contribution is -2.42. The third-order valence-electron chi connectivity index (χ3n) is 2.51. The Labute approximate surface area is 102 Å². The van der Waals surface area contributed by atoms with Crippen molar-refractivity contribution in [1.82, 2.24) is 9.88 Å². The first-order valence-electron chi connectivity index (χ1n) is 5.49. The van der Waals surface area contributed by atoms with Gasteiger partial charge < -0.3 is 5.73 Å². The lowest BCUT2D eigenvalue weighted by Gasteiger charge is -2.34. The quantitative estimate of drug-likeness (QED) is 0.803. The molecule has 0 unspecified atom stereocenters. The van der Waals surface area contributed by atoms with E-state index in [0.29, 0.717) is 5.13 Å². The summed E-state index contributed by atoms with van der Waals surface area (Å²) in [4.78, 5) is 6.65. The van der Waals surface area contributed by atoms with Crippen molar-refractivity contribution in [3.63, 3.8) is 0 Å². The molecule has 0 fully saturated rings. The molecule has 3 nitrogen and oxygen atoms in total. The van der Waals surface area contributed by atoms with E-state index in [1.54, 1.807) is 0 Å². The van der Waals surface area contributed by atoms with E-state index in [-0.39, 0.29) is 5.54 Å². The summed E-state index contributed by atoms with van der Waals surface area (Å²) in [6.45, 7) is 12.3. The molecule has 1 aromatic rings. The summed E-state index contributed by atoms with van der Waals surface area (Å²) in [7, 11) is 0. The van der Waals surface area contributed by atoms with Gasteiger partial charge in [0.15, 0.2) is 5.13 Å². The third kappa shape index (κ3) is 3.94. The van der Waals surface area contributed by atoms with Crippen LogP contribution in [0.5, 0.6) is 0 Å². The molecule has 1 rings (SSSR count). The van der Waals surface area contributed by atoms with Crippen LogP contribution in [0.15, 0.2) is 18.0 Å². The van der Waals surface area contributed by atoms with Gasteiger partial charge in [-0.1, -0.05) is 6.08 Å². The van der Waals surface area contributed by atoms with Crippen LogP contribution in [0.4, 0.5) is 5.13 Å². The average molecular weight is 239 g/mol. The van der Waals surface area contributed by atoms with E-state index in [0.717, 1.165) is 25.2 Å². The maximum atomic E-state index is 5.61. The molecule has 0 spiro atoms. The summed E-state index contributed by atoms with van der Waals surface area (Å²) in [6, 6.07) is 0. The first-order chi connectivity index (χ1) is 7.43. The number of thiazole rings is 1. The molecule has 0 aliphatic heterocycles. The minimum Gasteiger partial charge on any atom is -0.375 e. The van der Waals surface area contributed by atoms with Gasteiger partial charge in [0, 0.05) is 30.4 Å². The van der Waals surface area contributed by atoms with E-state index in [1.165, 1.54) is 11.3 Å². The highest BCUT2D eigenvalue weighted by Crippen LogP contribution is 2.16. The molecule has 0 saturated heterocycles. The molecular weight excluding hydrogens is 218 g/mol. The average Bonchev–Trinajstić information content (AvgIpc) is 2.57. The Morgan fingerprint density at radius 1 is 1.56 bits per heavy atom. The van der Waals surface area contributed by atoms with Crippen molar-refractivity contribution in [3.8, 4) is 0 Å². The SMILES string of the molecule is C=CCN(CCc1csc(N)n1)C(C)(C)C. The molecule has 0 bridgehead atoms. The molecule has 0 aliphatic rings. The van der Waals surface area contributed by atoms with Crippen molar-refractivity contribution in [2.75, 3.05) is 18.8 Å². The van der Waals surface area contributed by atoms with E-state index < -0.39 is 0 Å². The summed E-state index contributed by atoms with van der Waals surface area (Å²) in [5.74, 6) is 0. The summed E-state index contributed by atoms with van der Waals surface area (Å²) in [5.41, 5.74) is 6.85. The van der Waals surface area contributed by atoms with Crippen molar-refractivity contribution in [1.29, 1.82) is 0 Å². The van der Waals surface area contributed by atoms with Crippen LogP contribution in [0.2, 0.25) is 0 Å². The Hall–Kier alpha value is -0.870. The van der Waals surface area contributed by atoms with Crippen LogP contribution >= 0.6 is 11.3 Å². The van der Waals surface area contributed by atoms with E-state index >= 15 is 0 Å². The molecule has 2 N–H and O–H groups in total. The monoisotopic (exact) mass is 239 g/mol. The molecular formula is C12H21N3S. The first kappa shape index (κ1) is 13.2. The van der Waals surface area contributed by atoms with Gasteiger partial charge >= 0.3 is 0 Å². The Morgan fingerprint density at radius 3 is 2.69 bits per heavy atom. The van der Waals surface area contributed by atoms with Crippen molar-refractivity contribution in [3.05, 3.63) is 23.7 Å². The summed E-state index contributed by atoms with van der Waals surface area (Å²) >= 11 is 1.50. The van der Waals surface area contributed by atoms with E-state index in [9.17, 15) is 0 Å². The van der Waals surface area contributed by atoms with Gasteiger partial charge in [0.2, 0.25) is 0 Å². The van der Waals surface area contributed by atoms with Crippen LogP contribution in [-0.2, 0) is 6.42 Å². The lowest BCUT2D eigenvalue weighted by molar-refractivity contribution is 0.156. The third-order valence-corrected chi connectivity index (χ3v) is 3.23. The molecule has 1 heterocycles. The maximum absolute atomic E-state index is 5.61. The van der Waals surface area contributed by atoms with Gasteiger partial charge in [-0.25, -0.2) is 4.98 Å². The van der Waals surface area contributed by atoms with E-state index in [1.807, 2.05) is 11.5 Å². The fourth-order valence-corrected chi connectivity index (χ4v) is 2.14. The highest BCUT2D eigenvalue weighted by atomic mass is 32.1. The Bertz CT molecular complexity index is 338. The second-order valence-electron chi connectivity index (χ2n) is 4.83. The number of nitrogens with two attached hydrogens (primary N) is 1. The zero-order valence-corrected chi connectivity index (χ0v) is 11.2. The molecule has 0 atom stereocenters. The molecule has 0 aromatic carbocycles. The van der Waals surface area contributed by atoms with Gasteiger partial charge in [-0.05, 0) is 20.8 Å². The topological polar surface area (TPSA) is 42.1 Å². The Balaban J connectivity index is 2.53. The number of nitrogen functional groups attached to an aromatic ring is 1. The molecule has 0 radical (unpaired) electrons. The lowest BCUT2D eigenvalue weighted by atomic mass is 10.1. The number of hydrogen-bond acceptors (Lipinski definition) is 4. The standard InChI is InChI=1S/C12H21N3S/c1-5-7-15(12(2,3)4)8-6-10-9-16-11(13)14-10/h5,9H,1,6-8H2,2-4H3,(H2,13,14). The molecule has 90 valence electrons. The predicted octanol–water partition coefficient (Wildman–Crippen LogP) is 2.55. The van der Waals surface area contributed by atoms with Crippen molar-refractivity contribution in [2.45, 2.75) is 32.7 Å². The summed E-state index contributed by atoms with van der Waals surface area (Å²) in [5, 5.41) is 2.69. The predicted molar refractivity (Wildman–Crippen MR) is 71.8 cm³/mol. The van der Waals surface area contributed by atoms with Gasteiger partial charge in [0.1, 0.15) is 0 Å². The number of nitrogens with zero attached hydrogens (tertiary/aromatic N) is 2. The highest BCUT2D eigenvalue weighted by molar-refractivity contribution is 7.13. The second-order valence-corrected chi connectivity index (χ2v) is 5.72. The fraction of sp³-hybridized carbons (Fsp3) is 0.583. The number of hydrogen-bond donors (Lipinski definition) is 1. The Morgan fingerprint density at radius 2 is 2.25 bits per heavy atom. The largest absolute Gasteiger partial charge is 0.375 e. The van der Waals surface area contributed by atoms with Crippen molar-refractivity contribution in [2.24, 2.45) is 0 Å². The minimum atomic E-state index is 0.162. The fourth-order valence-electron chi connectivity index (χ4n) is 1.54. The zero-order chi connectivity index (χ0) is 12.2. The van der Waals surface area contributed by atoms with Gasteiger partial charge in [0.05, 0.1) is 5.69 Å². The Kier molecular flexibility index (Phi) is 4.50. The normalized spacial score (nSPS) is 12.0. The van der Waals surface area contributed by atoms with Crippen LogP contribution in [0, 0.1) is 0 Å². The smallest absolute Gasteiger partial charge is 0.180 e. The molecule has 16 heavy (non-hydrogen) atoms. The molecule has 0 aliphatic carbocycles. The molecule has 0 saturated carbocycles. The van der Waals surface area contributed by atoms with Crippen LogP contribution in [0.3, 0.4) is 0 Å². The van der Waals surface area contributed by atoms with Crippen LogP contribution in [0.25, 0.3) is 0 Å². The summed E-state index contributed by atoms with van der Waals surface area (Å²) < 4.78 is 0. The minimum absolute atomic E-state index is 0.162. The first-order valence-corrected chi connectivity index (χ1v) is 6.37. The van der Waals surface area contributed by atoms with Crippen LogP contribution < -0.4 is 5.73 Å². The second kappa shape index (κ2) is 5.46. The van der Waals surface area contributed by atoms with Crippen molar-refractivity contribution >= 4 is 16.5 Å². The van der Waals surface area contributed by atoms with Gasteiger partial charge in [0.25, 0.3) is 0 Å². The molecule has 0 amide bonds. The van der Waals surface area contributed by atoms with Crippen LogP contribution in [-0.4, -0.2) is 28.5 Å². The van der Waals surface area contributed by atoms with E-state index in [2.05, 4.69) is 37.2 Å². The van der Waals surface area contributed by atoms with Crippen molar-refractivity contribution < 1.29 is 0 Å². The van der Waals surface area contributed by atoms with E-state index in [4.69, 9.17) is 5.73 Å². The number of aromatic nitrogens is 1. The highest BCUT2D eigenvalue weighted by Gasteiger charge is 2.19. The number of anilines is 1. The molecule has 1 aromatic heterocycles. The van der Waals surface area contributed by atoms with Gasteiger partial charge in [-0.15, -0.1) is 17.9 Å². The van der Waals surface area contributed by atoms with Crippen LogP contribution in [0.1, 0.15) is 26.5 Å². The number of rotatable bonds is 5. The zero-order valence-electron chi connectivity index (χ0n) is 10.4. The summed E-state index contributed by atoms with van der Waals surface area (Å²) in [6.07, 6.45) is 2.89. The molecule has 4 heteroatoms. The maximum Gasteiger partial charge on any atom is 0.180 e. The van der Waals surface area contributed by atoms with Gasteiger partial charge in [-0.2, -0.15) is 0 Å². The van der Waals surface area contributed by atoms with Gasteiger partial charge in [-0.3, -0.25) is 4.90 Å².